The molecule has 84 valence electrons. The van der Waals surface area contributed by atoms with Crippen LogP contribution in [-0.4, -0.2) is 28.5 Å². The number of rotatable bonds is 2. The van der Waals surface area contributed by atoms with E-state index in [9.17, 15) is 9.59 Å². The molecule has 0 atom stereocenters. The van der Waals surface area contributed by atoms with Crippen LogP contribution in [0.4, 0.5) is 10.6 Å². The number of urea groups is 1. The van der Waals surface area contributed by atoms with Gasteiger partial charge in [0.2, 0.25) is 5.91 Å². The molecule has 1 N–H and O–H groups in total. The maximum atomic E-state index is 11.6. The van der Waals surface area contributed by atoms with E-state index in [4.69, 9.17) is 11.6 Å². The molecular weight excluding hydrogens is 232 g/mol. The Morgan fingerprint density at radius 1 is 1.50 bits per heavy atom. The Morgan fingerprint density at radius 3 is 3.00 bits per heavy atom. The van der Waals surface area contributed by atoms with Crippen molar-refractivity contribution in [3.05, 3.63) is 18.1 Å². The van der Waals surface area contributed by atoms with Crippen LogP contribution in [0.3, 0.4) is 0 Å². The molecule has 1 aliphatic rings. The summed E-state index contributed by atoms with van der Waals surface area (Å²) in [4.78, 5) is 31.8. The second kappa shape index (κ2) is 4.44. The Balaban J connectivity index is 2.30. The lowest BCUT2D eigenvalue weighted by molar-refractivity contribution is -0.120. The fourth-order valence-electron chi connectivity index (χ4n) is 1.46. The molecule has 7 heteroatoms. The number of carbonyl (C=O) groups excluding carboxylic acids is 2. The molecule has 3 amide bonds. The summed E-state index contributed by atoms with van der Waals surface area (Å²) in [6.07, 6.45) is 3.16. The maximum Gasteiger partial charge on any atom is 0.329 e. The van der Waals surface area contributed by atoms with E-state index in [0.29, 0.717) is 17.9 Å². The third kappa shape index (κ3) is 1.96. The molecule has 0 unspecified atom stereocenters. The third-order valence-electron chi connectivity index (χ3n) is 2.22. The van der Waals surface area contributed by atoms with Crippen molar-refractivity contribution in [3.8, 4) is 0 Å². The van der Waals surface area contributed by atoms with Gasteiger partial charge in [0.05, 0.1) is 5.88 Å². The molecule has 1 aromatic heterocycles. The SMILES string of the molecule is O=C1CCN(c2ncncc2CCl)C(=O)N1. The zero-order valence-corrected chi connectivity index (χ0v) is 9.07. The van der Waals surface area contributed by atoms with Gasteiger partial charge in [0.1, 0.15) is 12.1 Å². The van der Waals surface area contributed by atoms with Crippen molar-refractivity contribution < 1.29 is 9.59 Å². The Labute approximate surface area is 96.6 Å². The van der Waals surface area contributed by atoms with Crippen molar-refractivity contribution in [2.75, 3.05) is 11.4 Å². The van der Waals surface area contributed by atoms with Gasteiger partial charge >= 0.3 is 6.03 Å². The maximum absolute atomic E-state index is 11.6. The van der Waals surface area contributed by atoms with Gasteiger partial charge in [-0.1, -0.05) is 0 Å². The van der Waals surface area contributed by atoms with E-state index in [0.717, 1.165) is 0 Å². The summed E-state index contributed by atoms with van der Waals surface area (Å²) in [5.74, 6) is 0.395. The minimum absolute atomic E-state index is 0.216. The Hall–Kier alpha value is -1.69. The average molecular weight is 241 g/mol. The largest absolute Gasteiger partial charge is 0.329 e. The zero-order valence-electron chi connectivity index (χ0n) is 8.31. The molecule has 2 heterocycles. The molecule has 0 bridgehead atoms. The molecule has 1 saturated heterocycles. The fraction of sp³-hybridized carbons (Fsp3) is 0.333. The van der Waals surface area contributed by atoms with Crippen LogP contribution in [0.5, 0.6) is 0 Å². The number of nitrogens with zero attached hydrogens (tertiary/aromatic N) is 3. The van der Waals surface area contributed by atoms with Gasteiger partial charge in [-0.25, -0.2) is 14.8 Å². The number of hydrogen-bond acceptors (Lipinski definition) is 4. The summed E-state index contributed by atoms with van der Waals surface area (Å²) in [5.41, 5.74) is 0.661. The van der Waals surface area contributed by atoms with Crippen LogP contribution < -0.4 is 10.2 Å². The normalized spacial score (nSPS) is 16.2. The summed E-state index contributed by atoms with van der Waals surface area (Å²) < 4.78 is 0. The predicted molar refractivity (Wildman–Crippen MR) is 57.1 cm³/mol. The van der Waals surface area contributed by atoms with E-state index in [2.05, 4.69) is 15.3 Å². The number of nitrogens with one attached hydrogen (secondary N) is 1. The zero-order chi connectivity index (χ0) is 11.5. The van der Waals surface area contributed by atoms with Crippen molar-refractivity contribution in [1.29, 1.82) is 0 Å². The van der Waals surface area contributed by atoms with Gasteiger partial charge in [-0.15, -0.1) is 11.6 Å². The smallest absolute Gasteiger partial charge is 0.278 e. The first-order valence-corrected chi connectivity index (χ1v) is 5.22. The summed E-state index contributed by atoms with van der Waals surface area (Å²) in [5, 5.41) is 2.22. The Morgan fingerprint density at radius 2 is 2.31 bits per heavy atom. The van der Waals surface area contributed by atoms with Gasteiger partial charge in [0, 0.05) is 24.7 Å². The molecule has 0 radical (unpaired) electrons. The molecule has 2 rings (SSSR count). The lowest BCUT2D eigenvalue weighted by Gasteiger charge is -2.26. The number of alkyl halides is 1. The number of aromatic nitrogens is 2. The van der Waals surface area contributed by atoms with Crippen molar-refractivity contribution in [1.82, 2.24) is 15.3 Å². The number of hydrogen-bond donors (Lipinski definition) is 1. The Bertz CT molecular complexity index is 437. The van der Waals surface area contributed by atoms with Crippen molar-refractivity contribution in [3.63, 3.8) is 0 Å². The van der Waals surface area contributed by atoms with Crippen LogP contribution in [0, 0.1) is 0 Å². The minimum atomic E-state index is -0.471. The standard InChI is InChI=1S/C9H9ClN4O2/c10-3-6-4-11-5-12-8(6)14-2-1-7(15)13-9(14)16/h4-5H,1-3H2,(H,13,15,16). The number of amides is 3. The van der Waals surface area contributed by atoms with Crippen LogP contribution in [-0.2, 0) is 10.7 Å². The molecule has 0 saturated carbocycles. The first-order chi connectivity index (χ1) is 7.72. The highest BCUT2D eigenvalue weighted by Gasteiger charge is 2.26. The van der Waals surface area contributed by atoms with E-state index < -0.39 is 6.03 Å². The molecule has 1 aliphatic heterocycles. The monoisotopic (exact) mass is 240 g/mol. The molecule has 1 fully saturated rings. The van der Waals surface area contributed by atoms with E-state index in [-0.39, 0.29) is 18.2 Å². The predicted octanol–water partition coefficient (Wildman–Crippen LogP) is 0.662. The van der Waals surface area contributed by atoms with Crippen LogP contribution in [0.2, 0.25) is 0 Å². The first-order valence-electron chi connectivity index (χ1n) is 4.68. The van der Waals surface area contributed by atoms with E-state index in [1.807, 2.05) is 0 Å². The molecule has 0 aromatic carbocycles. The first kappa shape index (κ1) is 10.8. The molecule has 16 heavy (non-hydrogen) atoms. The summed E-state index contributed by atoms with van der Waals surface area (Å²) in [6, 6.07) is -0.471. The van der Waals surface area contributed by atoms with Crippen LogP contribution in [0.15, 0.2) is 12.5 Å². The average Bonchev–Trinajstić information content (AvgIpc) is 2.29. The lowest BCUT2D eigenvalue weighted by atomic mass is 10.2. The highest BCUT2D eigenvalue weighted by atomic mass is 35.5. The van der Waals surface area contributed by atoms with E-state index in [1.54, 1.807) is 6.20 Å². The van der Waals surface area contributed by atoms with Gasteiger partial charge in [-0.3, -0.25) is 15.0 Å². The van der Waals surface area contributed by atoms with Crippen LogP contribution in [0.25, 0.3) is 0 Å². The second-order valence-corrected chi connectivity index (χ2v) is 3.53. The quantitative estimate of drug-likeness (QED) is 0.771. The van der Waals surface area contributed by atoms with E-state index in [1.165, 1.54) is 11.2 Å². The van der Waals surface area contributed by atoms with E-state index >= 15 is 0 Å². The van der Waals surface area contributed by atoms with Crippen LogP contribution >= 0.6 is 11.6 Å². The molecular formula is C9H9ClN4O2. The molecule has 0 aliphatic carbocycles. The Kier molecular flexibility index (Phi) is 3.00. The van der Waals surface area contributed by atoms with Crippen molar-refractivity contribution in [2.24, 2.45) is 0 Å². The fourth-order valence-corrected chi connectivity index (χ4v) is 1.64. The van der Waals surface area contributed by atoms with Gasteiger partial charge in [0.15, 0.2) is 0 Å². The van der Waals surface area contributed by atoms with Crippen molar-refractivity contribution in [2.45, 2.75) is 12.3 Å². The number of imide groups is 1. The van der Waals surface area contributed by atoms with Gasteiger partial charge in [-0.05, 0) is 0 Å². The number of anilines is 1. The topological polar surface area (TPSA) is 75.2 Å². The summed E-state index contributed by atoms with van der Waals surface area (Å²) >= 11 is 5.72. The van der Waals surface area contributed by atoms with Crippen LogP contribution in [0.1, 0.15) is 12.0 Å². The number of halogens is 1. The lowest BCUT2D eigenvalue weighted by Crippen LogP contribution is -2.50. The summed E-state index contributed by atoms with van der Waals surface area (Å²) in [7, 11) is 0. The molecule has 0 spiro atoms. The van der Waals surface area contributed by atoms with Gasteiger partial charge in [-0.2, -0.15) is 0 Å². The van der Waals surface area contributed by atoms with Gasteiger partial charge in [0.25, 0.3) is 0 Å². The summed E-state index contributed by atoms with van der Waals surface area (Å²) in [6.45, 7) is 0.311. The highest BCUT2D eigenvalue weighted by Crippen LogP contribution is 2.19. The minimum Gasteiger partial charge on any atom is -0.278 e. The third-order valence-corrected chi connectivity index (χ3v) is 2.51. The van der Waals surface area contributed by atoms with Gasteiger partial charge < -0.3 is 0 Å². The highest BCUT2D eigenvalue weighted by molar-refractivity contribution is 6.17. The second-order valence-electron chi connectivity index (χ2n) is 3.26. The number of carbonyl (C=O) groups is 2. The van der Waals surface area contributed by atoms with Crippen molar-refractivity contribution >= 4 is 29.4 Å². The molecule has 6 nitrogen and oxygen atoms in total. The molecule has 1 aromatic rings.